The zero-order chi connectivity index (χ0) is 30.0. The fourth-order valence-electron chi connectivity index (χ4n) is 7.01. The molecule has 3 saturated heterocycles. The summed E-state index contributed by atoms with van der Waals surface area (Å²) in [7, 11) is 0. The highest BCUT2D eigenvalue weighted by atomic mass is 19.1. The highest BCUT2D eigenvalue weighted by Crippen LogP contribution is 2.37. The minimum absolute atomic E-state index is 0.0283. The van der Waals surface area contributed by atoms with Crippen LogP contribution in [-0.4, -0.2) is 71.3 Å². The van der Waals surface area contributed by atoms with Crippen molar-refractivity contribution in [3.05, 3.63) is 65.0 Å². The van der Waals surface area contributed by atoms with Crippen LogP contribution in [0.15, 0.2) is 42.5 Å². The summed E-state index contributed by atoms with van der Waals surface area (Å²) < 4.78 is 15.0. The molecule has 2 aromatic carbocycles. The first kappa shape index (κ1) is 30.1. The number of halogens is 1. The standard InChI is InChI=1S/C34H45FN4O3/c1-23-10-7-14-28(35)29(23)32(41)39-19-9-13-27(31(40)36-26-12-8-11-25(22-26)34(2,3)4)30(39)24-15-20-38(21-16-24)33(42)37-17-5-6-18-37/h7-8,10-12,14,22,24,27,30H,5-6,9,13,15-21H2,1-4H3,(H,36,40)/t27-,30-/m0/s1. The van der Waals surface area contributed by atoms with Crippen LogP contribution in [-0.2, 0) is 10.2 Å². The molecule has 42 heavy (non-hydrogen) atoms. The molecule has 3 aliphatic heterocycles. The maximum atomic E-state index is 15.0. The van der Waals surface area contributed by atoms with E-state index in [4.69, 9.17) is 0 Å². The molecule has 0 aromatic heterocycles. The molecule has 2 atom stereocenters. The summed E-state index contributed by atoms with van der Waals surface area (Å²) in [5.41, 5.74) is 2.49. The topological polar surface area (TPSA) is 73.0 Å². The van der Waals surface area contributed by atoms with Gasteiger partial charge in [-0.2, -0.15) is 0 Å². The number of hydrogen-bond donors (Lipinski definition) is 1. The van der Waals surface area contributed by atoms with E-state index >= 15 is 4.39 Å². The van der Waals surface area contributed by atoms with Gasteiger partial charge in [-0.3, -0.25) is 9.59 Å². The van der Waals surface area contributed by atoms with Crippen molar-refractivity contribution in [2.75, 3.05) is 38.0 Å². The molecule has 5 rings (SSSR count). The van der Waals surface area contributed by atoms with Gasteiger partial charge in [0.05, 0.1) is 11.5 Å². The minimum Gasteiger partial charge on any atom is -0.334 e. The first-order valence-electron chi connectivity index (χ1n) is 15.6. The van der Waals surface area contributed by atoms with Crippen LogP contribution in [0.1, 0.15) is 80.8 Å². The zero-order valence-corrected chi connectivity index (χ0v) is 25.5. The van der Waals surface area contributed by atoms with E-state index in [1.54, 1.807) is 24.0 Å². The van der Waals surface area contributed by atoms with Crippen molar-refractivity contribution in [3.8, 4) is 0 Å². The first-order valence-corrected chi connectivity index (χ1v) is 15.6. The molecule has 0 spiro atoms. The molecule has 226 valence electrons. The molecular weight excluding hydrogens is 531 g/mol. The van der Waals surface area contributed by atoms with Crippen LogP contribution in [0, 0.1) is 24.6 Å². The maximum Gasteiger partial charge on any atom is 0.319 e. The minimum atomic E-state index is -0.532. The Morgan fingerprint density at radius 3 is 2.19 bits per heavy atom. The van der Waals surface area contributed by atoms with Gasteiger partial charge in [-0.15, -0.1) is 0 Å². The second kappa shape index (κ2) is 12.4. The normalized spacial score (nSPS) is 21.9. The SMILES string of the molecule is Cc1cccc(F)c1C(=O)N1CCC[C@H](C(=O)Nc2cccc(C(C)(C)C)c2)[C@@H]1C1CCN(C(=O)N2CCCC2)CC1. The van der Waals surface area contributed by atoms with E-state index < -0.39 is 11.7 Å². The summed E-state index contributed by atoms with van der Waals surface area (Å²) in [4.78, 5) is 46.7. The lowest BCUT2D eigenvalue weighted by atomic mass is 9.76. The average Bonchev–Trinajstić information content (AvgIpc) is 3.51. The Bertz CT molecular complexity index is 1290. The van der Waals surface area contributed by atoms with Gasteiger partial charge < -0.3 is 20.0 Å². The fraction of sp³-hybridized carbons (Fsp3) is 0.559. The van der Waals surface area contributed by atoms with E-state index in [0.717, 1.165) is 37.2 Å². The van der Waals surface area contributed by atoms with Crippen LogP contribution in [0.2, 0.25) is 0 Å². The number of nitrogens with one attached hydrogen (secondary N) is 1. The van der Waals surface area contributed by atoms with Gasteiger partial charge in [0.2, 0.25) is 5.91 Å². The third-order valence-electron chi connectivity index (χ3n) is 9.39. The number of hydrogen-bond acceptors (Lipinski definition) is 3. The number of amides is 4. The quantitative estimate of drug-likeness (QED) is 0.470. The Morgan fingerprint density at radius 2 is 1.52 bits per heavy atom. The second-order valence-electron chi connectivity index (χ2n) is 13.3. The first-order chi connectivity index (χ1) is 20.0. The van der Waals surface area contributed by atoms with Gasteiger partial charge >= 0.3 is 6.03 Å². The van der Waals surface area contributed by atoms with Gasteiger partial charge in [0.25, 0.3) is 5.91 Å². The third kappa shape index (κ3) is 6.32. The summed E-state index contributed by atoms with van der Waals surface area (Å²) in [6, 6.07) is 12.4. The summed E-state index contributed by atoms with van der Waals surface area (Å²) in [5, 5.41) is 3.16. The Balaban J connectivity index is 1.41. The van der Waals surface area contributed by atoms with Gasteiger partial charge in [0.15, 0.2) is 0 Å². The molecule has 7 nitrogen and oxygen atoms in total. The van der Waals surface area contributed by atoms with Gasteiger partial charge in [-0.05, 0) is 86.1 Å². The molecule has 3 fully saturated rings. The van der Waals surface area contributed by atoms with Gasteiger partial charge in [0.1, 0.15) is 5.82 Å². The summed E-state index contributed by atoms with van der Waals surface area (Å²) in [6.07, 6.45) is 4.82. The van der Waals surface area contributed by atoms with Crippen molar-refractivity contribution < 1.29 is 18.8 Å². The Labute approximate surface area is 249 Å². The van der Waals surface area contributed by atoms with Crippen LogP contribution in [0.4, 0.5) is 14.9 Å². The molecule has 0 saturated carbocycles. The highest BCUT2D eigenvalue weighted by Gasteiger charge is 2.45. The fourth-order valence-corrected chi connectivity index (χ4v) is 7.01. The predicted octanol–water partition coefficient (Wildman–Crippen LogP) is 6.22. The molecule has 3 heterocycles. The number of benzene rings is 2. The van der Waals surface area contributed by atoms with Crippen LogP contribution < -0.4 is 5.32 Å². The Hall–Kier alpha value is -3.42. The smallest absolute Gasteiger partial charge is 0.319 e. The van der Waals surface area contributed by atoms with Crippen molar-refractivity contribution in [2.24, 2.45) is 11.8 Å². The number of rotatable bonds is 4. The second-order valence-corrected chi connectivity index (χ2v) is 13.3. The lowest BCUT2D eigenvalue weighted by molar-refractivity contribution is -0.124. The van der Waals surface area contributed by atoms with Crippen LogP contribution in [0.25, 0.3) is 0 Å². The van der Waals surface area contributed by atoms with E-state index in [0.29, 0.717) is 50.9 Å². The number of piperidine rings is 2. The predicted molar refractivity (Wildman–Crippen MR) is 163 cm³/mol. The number of carbonyl (C=O) groups excluding carboxylic acids is 3. The van der Waals surface area contributed by atoms with Crippen molar-refractivity contribution >= 4 is 23.5 Å². The molecule has 3 aliphatic rings. The lowest BCUT2D eigenvalue weighted by Gasteiger charge is -2.47. The number of anilines is 1. The number of likely N-dealkylation sites (tertiary alicyclic amines) is 3. The average molecular weight is 577 g/mol. The summed E-state index contributed by atoms with van der Waals surface area (Å²) in [5.74, 6) is -1.39. The van der Waals surface area contributed by atoms with Crippen molar-refractivity contribution in [2.45, 2.75) is 77.7 Å². The van der Waals surface area contributed by atoms with E-state index in [1.807, 2.05) is 28.0 Å². The number of urea groups is 1. The molecule has 8 heteroatoms. The Kier molecular flexibility index (Phi) is 8.90. The molecule has 2 aromatic rings. The summed E-state index contributed by atoms with van der Waals surface area (Å²) in [6.45, 7) is 11.5. The number of carbonyl (C=O) groups is 3. The lowest BCUT2D eigenvalue weighted by Crippen LogP contribution is -2.57. The van der Waals surface area contributed by atoms with Gasteiger partial charge in [0, 0.05) is 44.5 Å². The largest absolute Gasteiger partial charge is 0.334 e. The highest BCUT2D eigenvalue weighted by molar-refractivity contribution is 5.98. The molecule has 0 aliphatic carbocycles. The maximum absolute atomic E-state index is 15.0. The van der Waals surface area contributed by atoms with E-state index in [1.165, 1.54) is 6.07 Å². The van der Waals surface area contributed by atoms with Crippen LogP contribution >= 0.6 is 0 Å². The molecular formula is C34H45FN4O3. The molecule has 4 amide bonds. The van der Waals surface area contributed by atoms with Crippen LogP contribution in [0.3, 0.4) is 0 Å². The van der Waals surface area contributed by atoms with Crippen molar-refractivity contribution in [1.29, 1.82) is 0 Å². The monoisotopic (exact) mass is 576 g/mol. The molecule has 0 bridgehead atoms. The molecule has 1 N–H and O–H groups in total. The molecule has 0 unspecified atom stereocenters. The van der Waals surface area contributed by atoms with Gasteiger partial charge in [-0.25, -0.2) is 9.18 Å². The Morgan fingerprint density at radius 1 is 0.857 bits per heavy atom. The number of aryl methyl sites for hydroxylation is 1. The third-order valence-corrected chi connectivity index (χ3v) is 9.39. The van der Waals surface area contributed by atoms with E-state index in [-0.39, 0.29) is 40.8 Å². The van der Waals surface area contributed by atoms with Crippen molar-refractivity contribution in [3.63, 3.8) is 0 Å². The molecule has 0 radical (unpaired) electrons. The van der Waals surface area contributed by atoms with E-state index in [2.05, 4.69) is 32.2 Å². The van der Waals surface area contributed by atoms with E-state index in [9.17, 15) is 14.4 Å². The van der Waals surface area contributed by atoms with Gasteiger partial charge in [-0.1, -0.05) is 45.0 Å². The zero-order valence-electron chi connectivity index (χ0n) is 25.5. The summed E-state index contributed by atoms with van der Waals surface area (Å²) >= 11 is 0. The van der Waals surface area contributed by atoms with Crippen molar-refractivity contribution in [1.82, 2.24) is 14.7 Å². The number of nitrogens with zero attached hydrogens (tertiary/aromatic N) is 3. The van der Waals surface area contributed by atoms with Crippen LogP contribution in [0.5, 0.6) is 0 Å².